The van der Waals surface area contributed by atoms with Gasteiger partial charge in [-0.05, 0) is 62.0 Å². The Morgan fingerprint density at radius 3 is 3.00 bits per heavy atom. The fraction of sp³-hybridized carbons (Fsp3) is 0.400. The van der Waals surface area contributed by atoms with E-state index in [0.717, 1.165) is 37.1 Å². The molecule has 1 heterocycles. The van der Waals surface area contributed by atoms with Crippen molar-refractivity contribution >= 4 is 17.8 Å². The third kappa shape index (κ3) is 3.61. The van der Waals surface area contributed by atoms with Crippen LogP contribution in [0.4, 0.5) is 0 Å². The summed E-state index contributed by atoms with van der Waals surface area (Å²) in [5, 5.41) is 17.5. The number of aryl methyl sites for hydroxylation is 1. The number of rotatable bonds is 5. The monoisotopic (exact) mass is 355 g/mol. The SMILES string of the molecule is C/C=C(/O)C/C(=C\CC)c1n[nH]c(=S)n1C1CCCc2ccccc21. The molecule has 0 radical (unpaired) electrons. The minimum atomic E-state index is 0.194. The molecule has 4 nitrogen and oxygen atoms in total. The van der Waals surface area contributed by atoms with Gasteiger partial charge in [0.25, 0.3) is 0 Å². The van der Waals surface area contributed by atoms with Crippen molar-refractivity contribution in [2.45, 2.75) is 52.0 Å². The molecule has 132 valence electrons. The molecule has 0 saturated carbocycles. The number of aliphatic hydroxyl groups is 1. The highest BCUT2D eigenvalue weighted by Gasteiger charge is 2.25. The molecule has 1 atom stereocenters. The maximum Gasteiger partial charge on any atom is 0.196 e. The van der Waals surface area contributed by atoms with Crippen LogP contribution >= 0.6 is 12.2 Å². The number of aromatic amines is 1. The van der Waals surface area contributed by atoms with Crippen LogP contribution in [0.25, 0.3) is 5.57 Å². The first-order valence-corrected chi connectivity index (χ1v) is 9.34. The molecule has 0 amide bonds. The molecule has 0 saturated heterocycles. The van der Waals surface area contributed by atoms with Gasteiger partial charge in [0.1, 0.15) is 0 Å². The summed E-state index contributed by atoms with van der Waals surface area (Å²) in [6.07, 6.45) is 8.50. The Balaban J connectivity index is 2.09. The van der Waals surface area contributed by atoms with Gasteiger partial charge in [-0.2, -0.15) is 5.10 Å². The van der Waals surface area contributed by atoms with Crippen molar-refractivity contribution in [3.05, 3.63) is 63.9 Å². The molecule has 0 bridgehead atoms. The highest BCUT2D eigenvalue weighted by atomic mass is 32.1. The number of fused-ring (bicyclic) bond motifs is 1. The lowest BCUT2D eigenvalue weighted by Gasteiger charge is -2.27. The summed E-state index contributed by atoms with van der Waals surface area (Å²) in [5.41, 5.74) is 3.73. The molecule has 5 heteroatoms. The largest absolute Gasteiger partial charge is 0.512 e. The van der Waals surface area contributed by atoms with Gasteiger partial charge < -0.3 is 5.11 Å². The van der Waals surface area contributed by atoms with Crippen LogP contribution in [0.1, 0.15) is 62.5 Å². The number of H-pyrrole nitrogens is 1. The van der Waals surface area contributed by atoms with Gasteiger partial charge in [-0.15, -0.1) is 0 Å². The Kier molecular flexibility index (Phi) is 5.53. The zero-order valence-electron chi connectivity index (χ0n) is 14.8. The number of allylic oxidation sites excluding steroid dienone is 3. The predicted octanol–water partition coefficient (Wildman–Crippen LogP) is 5.51. The average molecular weight is 356 g/mol. The minimum absolute atomic E-state index is 0.194. The summed E-state index contributed by atoms with van der Waals surface area (Å²) in [7, 11) is 0. The molecule has 0 fully saturated rings. The quantitative estimate of drug-likeness (QED) is 0.549. The summed E-state index contributed by atoms with van der Waals surface area (Å²) in [6, 6.07) is 8.79. The van der Waals surface area contributed by atoms with E-state index in [-0.39, 0.29) is 6.04 Å². The average Bonchev–Trinajstić information content (AvgIpc) is 3.02. The molecule has 1 aromatic carbocycles. The molecule has 0 aliphatic heterocycles. The lowest BCUT2D eigenvalue weighted by molar-refractivity contribution is 0.401. The van der Waals surface area contributed by atoms with Gasteiger partial charge in [0.15, 0.2) is 10.6 Å². The van der Waals surface area contributed by atoms with E-state index in [0.29, 0.717) is 17.0 Å². The van der Waals surface area contributed by atoms with E-state index in [1.165, 1.54) is 11.1 Å². The second-order valence-electron chi connectivity index (χ2n) is 6.42. The van der Waals surface area contributed by atoms with Crippen LogP contribution in [0.2, 0.25) is 0 Å². The highest BCUT2D eigenvalue weighted by molar-refractivity contribution is 7.71. The van der Waals surface area contributed by atoms with Crippen molar-refractivity contribution in [2.24, 2.45) is 0 Å². The van der Waals surface area contributed by atoms with Crippen LogP contribution in [0.5, 0.6) is 0 Å². The molecule has 1 aliphatic rings. The van der Waals surface area contributed by atoms with Crippen molar-refractivity contribution in [3.63, 3.8) is 0 Å². The Morgan fingerprint density at radius 1 is 1.44 bits per heavy atom. The van der Waals surface area contributed by atoms with Gasteiger partial charge >= 0.3 is 0 Å². The van der Waals surface area contributed by atoms with E-state index in [1.54, 1.807) is 6.08 Å². The van der Waals surface area contributed by atoms with Gasteiger partial charge in [0.05, 0.1) is 11.8 Å². The minimum Gasteiger partial charge on any atom is -0.512 e. The van der Waals surface area contributed by atoms with Gasteiger partial charge in [0.2, 0.25) is 0 Å². The lowest BCUT2D eigenvalue weighted by atomic mass is 9.87. The van der Waals surface area contributed by atoms with Gasteiger partial charge in [-0.1, -0.05) is 37.3 Å². The van der Waals surface area contributed by atoms with Crippen LogP contribution in [-0.2, 0) is 6.42 Å². The van der Waals surface area contributed by atoms with Crippen molar-refractivity contribution in [2.75, 3.05) is 0 Å². The summed E-state index contributed by atoms with van der Waals surface area (Å²) < 4.78 is 2.77. The van der Waals surface area contributed by atoms with Gasteiger partial charge in [0, 0.05) is 12.0 Å². The Hall–Kier alpha value is -2.14. The Bertz CT molecular complexity index is 860. The highest BCUT2D eigenvalue weighted by Crippen LogP contribution is 2.35. The molecule has 3 rings (SSSR count). The summed E-state index contributed by atoms with van der Waals surface area (Å²) in [6.45, 7) is 3.93. The van der Waals surface area contributed by atoms with Crippen LogP contribution in [0.3, 0.4) is 0 Å². The van der Waals surface area contributed by atoms with Crippen LogP contribution in [0.15, 0.2) is 42.2 Å². The third-order valence-electron chi connectivity index (χ3n) is 4.80. The second-order valence-corrected chi connectivity index (χ2v) is 6.81. The topological polar surface area (TPSA) is 53.8 Å². The van der Waals surface area contributed by atoms with E-state index in [2.05, 4.69) is 52.0 Å². The second kappa shape index (κ2) is 7.83. The molecule has 1 aliphatic carbocycles. The number of hydrogen-bond acceptors (Lipinski definition) is 3. The zero-order chi connectivity index (χ0) is 17.8. The number of benzene rings is 1. The molecule has 0 spiro atoms. The van der Waals surface area contributed by atoms with E-state index >= 15 is 0 Å². The lowest BCUT2D eigenvalue weighted by Crippen LogP contribution is -2.19. The first-order valence-electron chi connectivity index (χ1n) is 8.94. The van der Waals surface area contributed by atoms with Crippen molar-refractivity contribution in [1.82, 2.24) is 14.8 Å². The molecular formula is C20H25N3OS. The van der Waals surface area contributed by atoms with Crippen molar-refractivity contribution in [1.29, 1.82) is 0 Å². The number of nitrogens with one attached hydrogen (secondary N) is 1. The maximum absolute atomic E-state index is 10.0. The Morgan fingerprint density at radius 2 is 2.24 bits per heavy atom. The summed E-state index contributed by atoms with van der Waals surface area (Å²) in [4.78, 5) is 0. The molecule has 2 aromatic rings. The zero-order valence-corrected chi connectivity index (χ0v) is 15.6. The summed E-state index contributed by atoms with van der Waals surface area (Å²) >= 11 is 5.57. The fourth-order valence-corrected chi connectivity index (χ4v) is 3.86. The molecule has 1 unspecified atom stereocenters. The first-order chi connectivity index (χ1) is 12.2. The molecular weight excluding hydrogens is 330 g/mol. The molecule has 25 heavy (non-hydrogen) atoms. The van der Waals surface area contributed by atoms with Gasteiger partial charge in [-0.3, -0.25) is 9.67 Å². The van der Waals surface area contributed by atoms with Crippen molar-refractivity contribution in [3.8, 4) is 0 Å². The van der Waals surface area contributed by atoms with E-state index < -0.39 is 0 Å². The number of aromatic nitrogens is 3. The van der Waals surface area contributed by atoms with Gasteiger partial charge in [-0.25, -0.2) is 0 Å². The predicted molar refractivity (Wildman–Crippen MR) is 104 cm³/mol. The van der Waals surface area contributed by atoms with Crippen LogP contribution < -0.4 is 0 Å². The van der Waals surface area contributed by atoms with Crippen molar-refractivity contribution < 1.29 is 5.11 Å². The van der Waals surface area contributed by atoms with E-state index in [9.17, 15) is 5.11 Å². The first kappa shape index (κ1) is 17.7. The third-order valence-corrected chi connectivity index (χ3v) is 5.08. The van der Waals surface area contributed by atoms with Crippen LogP contribution in [0, 0.1) is 4.77 Å². The summed E-state index contributed by atoms with van der Waals surface area (Å²) in [5.74, 6) is 1.19. The van der Waals surface area contributed by atoms with E-state index in [4.69, 9.17) is 12.2 Å². The van der Waals surface area contributed by atoms with Crippen LogP contribution in [-0.4, -0.2) is 19.9 Å². The smallest absolute Gasteiger partial charge is 0.196 e. The number of aliphatic hydroxyl groups excluding tert-OH is 1. The number of hydrogen-bond donors (Lipinski definition) is 2. The number of nitrogens with zero attached hydrogens (tertiary/aromatic N) is 2. The maximum atomic E-state index is 10.0. The van der Waals surface area contributed by atoms with E-state index in [1.807, 2.05) is 6.92 Å². The standard InChI is InChI=1S/C20H25N3OS/c1-3-8-15(13-16(24)4-2)19-21-22-20(25)23(19)18-12-7-10-14-9-5-6-11-17(14)18/h4-6,8-9,11,18,24H,3,7,10,12-13H2,1-2H3,(H,22,25)/b15-8+,16-4+. The molecule has 2 N–H and O–H groups in total. The fourth-order valence-electron chi connectivity index (χ4n) is 3.60. The normalized spacial score (nSPS) is 18.2. The molecule has 1 aromatic heterocycles. The Labute approximate surface area is 153 Å².